The molecule has 1 atom stereocenters. The lowest BCUT2D eigenvalue weighted by Crippen LogP contribution is -2.49. The van der Waals surface area contributed by atoms with Crippen LogP contribution in [-0.2, 0) is 4.79 Å². The van der Waals surface area contributed by atoms with Gasteiger partial charge in [-0.3, -0.25) is 9.59 Å². The zero-order valence-electron chi connectivity index (χ0n) is 16.6. The van der Waals surface area contributed by atoms with E-state index in [1.807, 2.05) is 47.7 Å². The monoisotopic (exact) mass is 383 g/mol. The highest BCUT2D eigenvalue weighted by molar-refractivity contribution is 5.95. The molecule has 0 bridgehead atoms. The van der Waals surface area contributed by atoms with Gasteiger partial charge >= 0.3 is 0 Å². The molecule has 2 aromatic rings. The molecule has 2 heterocycles. The van der Waals surface area contributed by atoms with Gasteiger partial charge in [0.1, 0.15) is 0 Å². The van der Waals surface area contributed by atoms with E-state index in [1.165, 1.54) is 0 Å². The number of aromatic nitrogens is 2. The number of nitrogens with one attached hydrogen (secondary N) is 1. The van der Waals surface area contributed by atoms with Crippen molar-refractivity contribution in [3.8, 4) is 5.69 Å². The molecule has 150 valence electrons. The number of rotatable bonds is 6. The van der Waals surface area contributed by atoms with Crippen LogP contribution in [0.1, 0.15) is 47.3 Å². The molecule has 1 fully saturated rings. The first-order chi connectivity index (χ1) is 13.5. The van der Waals surface area contributed by atoms with Crippen LogP contribution in [0.2, 0.25) is 0 Å². The van der Waals surface area contributed by atoms with Gasteiger partial charge < -0.3 is 16.0 Å². The average molecular weight is 383 g/mol. The van der Waals surface area contributed by atoms with Gasteiger partial charge in [-0.25, -0.2) is 4.68 Å². The standard InChI is InChI=1S/C21H29N5O2/c1-15-7-3-4-9-19(15)26-16(2)18(14-24-26)21(28)25-12-6-5-8-17(25)13-23-20(27)10-11-22/h3-4,7,9,14,17H,5-6,8,10-13,22H2,1-2H3,(H,23,27). The molecule has 7 nitrogen and oxygen atoms in total. The number of nitrogens with zero attached hydrogens (tertiary/aromatic N) is 3. The second-order valence-electron chi connectivity index (χ2n) is 7.33. The summed E-state index contributed by atoms with van der Waals surface area (Å²) in [6.07, 6.45) is 4.89. The fourth-order valence-electron chi connectivity index (χ4n) is 3.75. The average Bonchev–Trinajstić information content (AvgIpc) is 3.08. The van der Waals surface area contributed by atoms with Crippen LogP contribution in [0, 0.1) is 13.8 Å². The van der Waals surface area contributed by atoms with Gasteiger partial charge in [-0.2, -0.15) is 5.10 Å². The van der Waals surface area contributed by atoms with Crippen LogP contribution < -0.4 is 11.1 Å². The molecule has 2 amide bonds. The third-order valence-corrected chi connectivity index (χ3v) is 5.38. The van der Waals surface area contributed by atoms with Crippen LogP contribution >= 0.6 is 0 Å². The Morgan fingerprint density at radius 2 is 2.04 bits per heavy atom. The Labute approximate surface area is 165 Å². The Morgan fingerprint density at radius 3 is 2.79 bits per heavy atom. The third-order valence-electron chi connectivity index (χ3n) is 5.38. The smallest absolute Gasteiger partial charge is 0.257 e. The third kappa shape index (κ3) is 4.25. The minimum absolute atomic E-state index is 0.00388. The highest BCUT2D eigenvalue weighted by Gasteiger charge is 2.30. The van der Waals surface area contributed by atoms with Crippen molar-refractivity contribution in [2.45, 2.75) is 45.6 Å². The molecule has 0 spiro atoms. The molecule has 0 saturated carbocycles. The normalized spacial score (nSPS) is 16.8. The van der Waals surface area contributed by atoms with Crippen LogP contribution in [0.5, 0.6) is 0 Å². The summed E-state index contributed by atoms with van der Waals surface area (Å²) in [6, 6.07) is 7.99. The molecule has 1 saturated heterocycles. The molecule has 7 heteroatoms. The number of benzene rings is 1. The van der Waals surface area contributed by atoms with Crippen molar-refractivity contribution in [2.75, 3.05) is 19.6 Å². The minimum Gasteiger partial charge on any atom is -0.354 e. The summed E-state index contributed by atoms with van der Waals surface area (Å²) in [5, 5.41) is 7.38. The predicted octanol–water partition coefficient (Wildman–Crippen LogP) is 1.95. The number of para-hydroxylation sites is 1. The lowest BCUT2D eigenvalue weighted by Gasteiger charge is -2.36. The van der Waals surface area contributed by atoms with Gasteiger partial charge in [-0.15, -0.1) is 0 Å². The van der Waals surface area contributed by atoms with Crippen molar-refractivity contribution in [3.63, 3.8) is 0 Å². The highest BCUT2D eigenvalue weighted by Crippen LogP contribution is 2.23. The number of amides is 2. The van der Waals surface area contributed by atoms with Gasteiger partial charge in [0.25, 0.3) is 5.91 Å². The van der Waals surface area contributed by atoms with Gasteiger partial charge in [-0.05, 0) is 44.7 Å². The van der Waals surface area contributed by atoms with E-state index in [4.69, 9.17) is 5.73 Å². The number of nitrogens with two attached hydrogens (primary N) is 1. The summed E-state index contributed by atoms with van der Waals surface area (Å²) in [5.74, 6) is -0.0841. The summed E-state index contributed by atoms with van der Waals surface area (Å²) in [4.78, 5) is 26.9. The van der Waals surface area contributed by atoms with E-state index in [9.17, 15) is 9.59 Å². The van der Waals surface area contributed by atoms with Crippen LogP contribution in [-0.4, -0.2) is 52.2 Å². The van der Waals surface area contributed by atoms with Crippen LogP contribution in [0.3, 0.4) is 0 Å². The second-order valence-corrected chi connectivity index (χ2v) is 7.33. The molecular formula is C21H29N5O2. The summed E-state index contributed by atoms with van der Waals surface area (Å²) in [7, 11) is 0. The molecule has 1 unspecified atom stereocenters. The van der Waals surface area contributed by atoms with Crippen LogP contribution in [0.4, 0.5) is 0 Å². The number of hydrogen-bond donors (Lipinski definition) is 2. The molecular weight excluding hydrogens is 354 g/mol. The van der Waals surface area contributed by atoms with E-state index in [-0.39, 0.29) is 17.9 Å². The maximum Gasteiger partial charge on any atom is 0.257 e. The van der Waals surface area contributed by atoms with Gasteiger partial charge in [-0.1, -0.05) is 18.2 Å². The first-order valence-corrected chi connectivity index (χ1v) is 9.91. The predicted molar refractivity (Wildman–Crippen MR) is 108 cm³/mol. The number of likely N-dealkylation sites (tertiary alicyclic amines) is 1. The summed E-state index contributed by atoms with van der Waals surface area (Å²) in [5.41, 5.74) is 8.95. The molecule has 1 aromatic heterocycles. The van der Waals surface area contributed by atoms with Crippen molar-refractivity contribution in [1.29, 1.82) is 0 Å². The van der Waals surface area contributed by atoms with Crippen LogP contribution in [0.15, 0.2) is 30.5 Å². The fourth-order valence-corrected chi connectivity index (χ4v) is 3.75. The summed E-state index contributed by atoms with van der Waals surface area (Å²) in [6.45, 7) is 5.45. The minimum atomic E-state index is -0.0657. The number of carbonyl (C=O) groups excluding carboxylic acids is 2. The van der Waals surface area contributed by atoms with Gasteiger partial charge in [0.2, 0.25) is 5.91 Å². The molecule has 0 aliphatic carbocycles. The summed E-state index contributed by atoms with van der Waals surface area (Å²) < 4.78 is 1.82. The Kier molecular flexibility index (Phi) is 6.46. The van der Waals surface area contributed by atoms with E-state index in [0.717, 1.165) is 36.2 Å². The lowest BCUT2D eigenvalue weighted by molar-refractivity contribution is -0.121. The van der Waals surface area contributed by atoms with Crippen LogP contribution in [0.25, 0.3) is 5.69 Å². The SMILES string of the molecule is Cc1ccccc1-n1ncc(C(=O)N2CCCCC2CNC(=O)CCN)c1C. The summed E-state index contributed by atoms with van der Waals surface area (Å²) >= 11 is 0. The van der Waals surface area contributed by atoms with Crippen molar-refractivity contribution < 1.29 is 9.59 Å². The molecule has 1 aliphatic rings. The molecule has 3 N–H and O–H groups in total. The van der Waals surface area contributed by atoms with E-state index < -0.39 is 0 Å². The Bertz CT molecular complexity index is 845. The molecule has 3 rings (SSSR count). The van der Waals surface area contributed by atoms with Crippen molar-refractivity contribution in [2.24, 2.45) is 5.73 Å². The quantitative estimate of drug-likeness (QED) is 0.797. The first-order valence-electron chi connectivity index (χ1n) is 9.91. The zero-order valence-corrected chi connectivity index (χ0v) is 16.6. The van der Waals surface area contributed by atoms with Gasteiger partial charge in [0, 0.05) is 32.1 Å². The highest BCUT2D eigenvalue weighted by atomic mass is 16.2. The van der Waals surface area contributed by atoms with Crippen molar-refractivity contribution >= 4 is 11.8 Å². The number of piperidine rings is 1. The van der Waals surface area contributed by atoms with Gasteiger partial charge in [0.15, 0.2) is 0 Å². The molecule has 1 aliphatic heterocycles. The van der Waals surface area contributed by atoms with Crippen molar-refractivity contribution in [1.82, 2.24) is 20.0 Å². The van der Waals surface area contributed by atoms with Crippen molar-refractivity contribution in [3.05, 3.63) is 47.3 Å². The molecule has 0 radical (unpaired) electrons. The Balaban J connectivity index is 1.78. The van der Waals surface area contributed by atoms with Gasteiger partial charge in [0.05, 0.1) is 23.1 Å². The molecule has 28 heavy (non-hydrogen) atoms. The number of carbonyl (C=O) groups is 2. The Morgan fingerprint density at radius 1 is 1.25 bits per heavy atom. The topological polar surface area (TPSA) is 93.2 Å². The van der Waals surface area contributed by atoms with E-state index >= 15 is 0 Å². The first kappa shape index (κ1) is 20.1. The van der Waals surface area contributed by atoms with E-state index in [1.54, 1.807) is 6.20 Å². The lowest BCUT2D eigenvalue weighted by atomic mass is 10.0. The number of aryl methyl sites for hydroxylation is 1. The van der Waals surface area contributed by atoms with E-state index in [2.05, 4.69) is 10.4 Å². The Hall–Kier alpha value is -2.67. The molecule has 1 aromatic carbocycles. The maximum absolute atomic E-state index is 13.3. The number of hydrogen-bond acceptors (Lipinski definition) is 4. The second kappa shape index (κ2) is 9.01. The fraction of sp³-hybridized carbons (Fsp3) is 0.476. The maximum atomic E-state index is 13.3. The largest absolute Gasteiger partial charge is 0.354 e. The van der Waals surface area contributed by atoms with E-state index in [0.29, 0.717) is 31.6 Å². The zero-order chi connectivity index (χ0) is 20.1.